The lowest BCUT2D eigenvalue weighted by molar-refractivity contribution is -0.123. The predicted octanol–water partition coefficient (Wildman–Crippen LogP) is 4.00. The molecule has 0 bridgehead atoms. The maximum absolute atomic E-state index is 13.2. The lowest BCUT2D eigenvalue weighted by Crippen LogP contribution is -2.33. The summed E-state index contributed by atoms with van der Waals surface area (Å²) in [6.07, 6.45) is -4.25. The number of amides is 1. The summed E-state index contributed by atoms with van der Waals surface area (Å²) in [5, 5.41) is 15.1. The number of aliphatic hydroxyl groups excluding tert-OH is 1. The van der Waals surface area contributed by atoms with Gasteiger partial charge in [0.25, 0.3) is 5.91 Å². The van der Waals surface area contributed by atoms with Crippen LogP contribution in [0.25, 0.3) is 11.3 Å². The quantitative estimate of drug-likeness (QED) is 0.512. The summed E-state index contributed by atoms with van der Waals surface area (Å²) in [4.78, 5) is 11.9. The van der Waals surface area contributed by atoms with Crippen LogP contribution in [0, 0.1) is 5.82 Å². The van der Waals surface area contributed by atoms with Crippen LogP contribution in [-0.2, 0) is 19.6 Å². The van der Waals surface area contributed by atoms with E-state index in [4.69, 9.17) is 13.7 Å². The van der Waals surface area contributed by atoms with Crippen LogP contribution in [0.2, 0.25) is 0 Å². The van der Waals surface area contributed by atoms with E-state index in [0.29, 0.717) is 23.2 Å². The highest BCUT2D eigenvalue weighted by atomic mass is 19.4. The molecule has 2 heterocycles. The van der Waals surface area contributed by atoms with Crippen LogP contribution in [0.5, 0.6) is 5.75 Å². The molecule has 3 rings (SSSR count). The number of aromatic nitrogens is 1. The SMILES string of the molecule is CCc1oc(C(=O)NCC(F)(F)F)cc1OCc1c(-c2ccc(F)cc2)noc1CO. The van der Waals surface area contributed by atoms with Gasteiger partial charge >= 0.3 is 6.18 Å². The number of furan rings is 1. The van der Waals surface area contributed by atoms with Gasteiger partial charge in [0.05, 0.1) is 5.56 Å². The van der Waals surface area contributed by atoms with E-state index in [9.17, 15) is 27.5 Å². The minimum atomic E-state index is -4.55. The molecule has 0 aliphatic carbocycles. The second-order valence-corrected chi connectivity index (χ2v) is 6.44. The van der Waals surface area contributed by atoms with Gasteiger partial charge in [-0.3, -0.25) is 4.79 Å². The first-order valence-electron chi connectivity index (χ1n) is 9.16. The van der Waals surface area contributed by atoms with Crippen molar-refractivity contribution in [3.05, 3.63) is 59.0 Å². The molecule has 7 nitrogen and oxygen atoms in total. The van der Waals surface area contributed by atoms with Crippen LogP contribution in [0.1, 0.15) is 34.6 Å². The molecule has 0 spiro atoms. The normalized spacial score (nSPS) is 11.5. The van der Waals surface area contributed by atoms with Crippen LogP contribution < -0.4 is 10.1 Å². The first-order chi connectivity index (χ1) is 14.7. The van der Waals surface area contributed by atoms with Gasteiger partial charge in [0, 0.05) is 18.1 Å². The van der Waals surface area contributed by atoms with E-state index in [1.54, 1.807) is 12.2 Å². The van der Waals surface area contributed by atoms with Crippen molar-refractivity contribution in [1.29, 1.82) is 0 Å². The fourth-order valence-corrected chi connectivity index (χ4v) is 2.76. The molecule has 0 radical (unpaired) electrons. The van der Waals surface area contributed by atoms with Crippen molar-refractivity contribution in [2.24, 2.45) is 0 Å². The summed E-state index contributed by atoms with van der Waals surface area (Å²) in [6.45, 7) is -0.399. The van der Waals surface area contributed by atoms with E-state index in [1.165, 1.54) is 30.3 Å². The molecule has 11 heteroatoms. The average molecular weight is 442 g/mol. The Bertz CT molecular complexity index is 1040. The Kier molecular flexibility index (Phi) is 6.64. The highest BCUT2D eigenvalue weighted by Gasteiger charge is 2.29. The summed E-state index contributed by atoms with van der Waals surface area (Å²) in [5.74, 6) is -1.27. The van der Waals surface area contributed by atoms with Gasteiger partial charge in [0.1, 0.15) is 37.0 Å². The molecule has 1 aromatic carbocycles. The Balaban J connectivity index is 1.80. The van der Waals surface area contributed by atoms with Gasteiger partial charge in [0.15, 0.2) is 17.3 Å². The van der Waals surface area contributed by atoms with Crippen molar-refractivity contribution in [2.75, 3.05) is 6.54 Å². The summed E-state index contributed by atoms with van der Waals surface area (Å²) in [6, 6.07) is 6.63. The molecular weight excluding hydrogens is 424 g/mol. The van der Waals surface area contributed by atoms with Crippen molar-refractivity contribution in [3.63, 3.8) is 0 Å². The van der Waals surface area contributed by atoms with Crippen molar-refractivity contribution in [1.82, 2.24) is 10.5 Å². The minimum Gasteiger partial charge on any atom is -0.485 e. The Hall–Kier alpha value is -3.34. The van der Waals surface area contributed by atoms with Crippen molar-refractivity contribution in [3.8, 4) is 17.0 Å². The largest absolute Gasteiger partial charge is 0.485 e. The number of carbonyl (C=O) groups is 1. The lowest BCUT2D eigenvalue weighted by atomic mass is 10.1. The topological polar surface area (TPSA) is 97.7 Å². The molecule has 0 saturated carbocycles. The number of benzene rings is 1. The third-order valence-electron chi connectivity index (χ3n) is 4.27. The molecular formula is C20H18F4N2O5. The summed E-state index contributed by atoms with van der Waals surface area (Å²) >= 11 is 0. The maximum Gasteiger partial charge on any atom is 0.405 e. The number of ether oxygens (including phenoxy) is 1. The van der Waals surface area contributed by atoms with Gasteiger partial charge in [-0.2, -0.15) is 13.2 Å². The smallest absolute Gasteiger partial charge is 0.405 e. The number of aryl methyl sites for hydroxylation is 1. The summed E-state index contributed by atoms with van der Waals surface area (Å²) in [7, 11) is 0. The van der Waals surface area contributed by atoms with Gasteiger partial charge in [-0.05, 0) is 24.3 Å². The van der Waals surface area contributed by atoms with Crippen LogP contribution in [-0.4, -0.2) is 28.9 Å². The molecule has 0 atom stereocenters. The molecule has 2 aromatic heterocycles. The number of nitrogens with zero attached hydrogens (tertiary/aromatic N) is 1. The molecule has 0 fully saturated rings. The highest BCUT2D eigenvalue weighted by Crippen LogP contribution is 2.30. The lowest BCUT2D eigenvalue weighted by Gasteiger charge is -2.07. The molecule has 2 N–H and O–H groups in total. The number of alkyl halides is 3. The van der Waals surface area contributed by atoms with E-state index in [-0.39, 0.29) is 29.6 Å². The maximum atomic E-state index is 13.2. The standard InChI is InChI=1S/C20H18F4N2O5/c1-2-14-15(7-16(30-14)19(28)25-10-20(22,23)24)29-9-13-17(8-27)31-26-18(13)11-3-5-12(21)6-4-11/h3-7,27H,2,8-10H2,1H3,(H,25,28). The summed E-state index contributed by atoms with van der Waals surface area (Å²) < 4.78 is 66.2. The minimum absolute atomic E-state index is 0.129. The predicted molar refractivity (Wildman–Crippen MR) is 98.6 cm³/mol. The molecule has 0 aliphatic rings. The van der Waals surface area contributed by atoms with E-state index < -0.39 is 31.1 Å². The molecule has 0 unspecified atom stereocenters. The van der Waals surface area contributed by atoms with Gasteiger partial charge < -0.3 is 24.1 Å². The third kappa shape index (κ3) is 5.43. The first-order valence-corrected chi connectivity index (χ1v) is 9.16. The highest BCUT2D eigenvalue weighted by molar-refractivity contribution is 5.92. The second kappa shape index (κ2) is 9.21. The Labute approximate surface area is 173 Å². The number of halogens is 4. The van der Waals surface area contributed by atoms with Crippen LogP contribution >= 0.6 is 0 Å². The van der Waals surface area contributed by atoms with E-state index >= 15 is 0 Å². The van der Waals surface area contributed by atoms with Crippen molar-refractivity contribution >= 4 is 5.91 Å². The van der Waals surface area contributed by atoms with Crippen LogP contribution in [0.15, 0.2) is 39.3 Å². The number of hydrogen-bond donors (Lipinski definition) is 2. The van der Waals surface area contributed by atoms with Crippen LogP contribution in [0.3, 0.4) is 0 Å². The molecule has 1 amide bonds. The Morgan fingerprint density at radius 1 is 1.23 bits per heavy atom. The fourth-order valence-electron chi connectivity index (χ4n) is 2.76. The van der Waals surface area contributed by atoms with Gasteiger partial charge in [-0.15, -0.1) is 0 Å². The van der Waals surface area contributed by atoms with E-state index in [1.807, 2.05) is 0 Å². The number of nitrogens with one attached hydrogen (secondary N) is 1. The van der Waals surface area contributed by atoms with Gasteiger partial charge in [-0.1, -0.05) is 12.1 Å². The summed E-state index contributed by atoms with van der Waals surface area (Å²) in [5.41, 5.74) is 1.24. The molecule has 31 heavy (non-hydrogen) atoms. The molecule has 0 aliphatic heterocycles. The van der Waals surface area contributed by atoms with Crippen molar-refractivity contribution < 1.29 is 41.1 Å². The van der Waals surface area contributed by atoms with Crippen LogP contribution in [0.4, 0.5) is 17.6 Å². The number of rotatable bonds is 8. The van der Waals surface area contributed by atoms with E-state index in [0.717, 1.165) is 0 Å². The molecule has 166 valence electrons. The van der Waals surface area contributed by atoms with E-state index in [2.05, 4.69) is 5.16 Å². The zero-order valence-electron chi connectivity index (χ0n) is 16.3. The van der Waals surface area contributed by atoms with Crippen molar-refractivity contribution in [2.45, 2.75) is 32.7 Å². The number of aliphatic hydroxyl groups is 1. The van der Waals surface area contributed by atoms with Gasteiger partial charge in [0.2, 0.25) is 0 Å². The average Bonchev–Trinajstić information content (AvgIpc) is 3.34. The van der Waals surface area contributed by atoms with Gasteiger partial charge in [-0.25, -0.2) is 4.39 Å². The zero-order chi connectivity index (χ0) is 22.6. The second-order valence-electron chi connectivity index (χ2n) is 6.44. The first kappa shape index (κ1) is 22.3. The Morgan fingerprint density at radius 2 is 1.94 bits per heavy atom. The molecule has 3 aromatic rings. The monoisotopic (exact) mass is 442 g/mol. The zero-order valence-corrected chi connectivity index (χ0v) is 16.3. The number of carbonyl (C=O) groups excluding carboxylic acids is 1. The fraction of sp³-hybridized carbons (Fsp3) is 0.300. The number of hydrogen-bond acceptors (Lipinski definition) is 6. The third-order valence-corrected chi connectivity index (χ3v) is 4.27. The molecule has 0 saturated heterocycles. The Morgan fingerprint density at radius 3 is 2.55 bits per heavy atom.